The van der Waals surface area contributed by atoms with Crippen LogP contribution in [0.3, 0.4) is 0 Å². The lowest BCUT2D eigenvalue weighted by molar-refractivity contribution is 1.10. The Bertz CT molecular complexity index is 912. The number of benzene rings is 1. The molecule has 0 saturated heterocycles. The molecule has 5 heteroatoms. The summed E-state index contributed by atoms with van der Waals surface area (Å²) in [6.45, 7) is 0. The standard InChI is InChI=1S/C15H9BrN4/c16-11-6-7-12(17-9-11)15-19-18-14-8-5-10-3-1-2-4-13(10)20(14)15/h1-9H. The van der Waals surface area contributed by atoms with Gasteiger partial charge >= 0.3 is 0 Å². The molecule has 0 aliphatic rings. The maximum atomic E-state index is 4.41. The van der Waals surface area contributed by atoms with Crippen LogP contribution in [0, 0.1) is 0 Å². The second kappa shape index (κ2) is 4.38. The van der Waals surface area contributed by atoms with Crippen molar-refractivity contribution in [3.05, 3.63) is 59.2 Å². The van der Waals surface area contributed by atoms with Crippen LogP contribution in [0.4, 0.5) is 0 Å². The fourth-order valence-corrected chi connectivity index (χ4v) is 2.55. The van der Waals surface area contributed by atoms with Crippen LogP contribution in [0.2, 0.25) is 0 Å². The summed E-state index contributed by atoms with van der Waals surface area (Å²) in [7, 11) is 0. The topological polar surface area (TPSA) is 43.1 Å². The molecule has 0 amide bonds. The predicted molar refractivity (Wildman–Crippen MR) is 81.4 cm³/mol. The lowest BCUT2D eigenvalue weighted by Gasteiger charge is -2.04. The third-order valence-corrected chi connectivity index (χ3v) is 3.70. The molecule has 0 bridgehead atoms. The summed E-state index contributed by atoms with van der Waals surface area (Å²) < 4.78 is 2.98. The van der Waals surface area contributed by atoms with Gasteiger partial charge in [0.05, 0.1) is 5.52 Å². The van der Waals surface area contributed by atoms with Crippen molar-refractivity contribution in [3.63, 3.8) is 0 Å². The smallest absolute Gasteiger partial charge is 0.187 e. The number of hydrogen-bond donors (Lipinski definition) is 0. The molecular formula is C15H9BrN4. The summed E-state index contributed by atoms with van der Waals surface area (Å²) in [6, 6.07) is 16.1. The first-order valence-electron chi connectivity index (χ1n) is 6.18. The molecule has 4 rings (SSSR count). The number of rotatable bonds is 1. The molecule has 0 saturated carbocycles. The summed E-state index contributed by atoms with van der Waals surface area (Å²) in [5.41, 5.74) is 2.70. The highest BCUT2D eigenvalue weighted by Gasteiger charge is 2.11. The third kappa shape index (κ3) is 1.71. The molecule has 0 N–H and O–H groups in total. The Morgan fingerprint density at radius 1 is 0.900 bits per heavy atom. The van der Waals surface area contributed by atoms with Crippen molar-refractivity contribution < 1.29 is 0 Å². The summed E-state index contributed by atoms with van der Waals surface area (Å²) in [4.78, 5) is 4.41. The van der Waals surface area contributed by atoms with Gasteiger partial charge in [0.1, 0.15) is 5.69 Å². The van der Waals surface area contributed by atoms with E-state index in [1.165, 1.54) is 0 Å². The molecule has 20 heavy (non-hydrogen) atoms. The van der Waals surface area contributed by atoms with Crippen molar-refractivity contribution >= 4 is 32.5 Å². The van der Waals surface area contributed by atoms with E-state index >= 15 is 0 Å². The Morgan fingerprint density at radius 2 is 1.80 bits per heavy atom. The van der Waals surface area contributed by atoms with Gasteiger partial charge in [0.2, 0.25) is 0 Å². The quantitative estimate of drug-likeness (QED) is 0.536. The molecule has 0 radical (unpaired) electrons. The maximum absolute atomic E-state index is 4.41. The van der Waals surface area contributed by atoms with Gasteiger partial charge in [-0.15, -0.1) is 10.2 Å². The van der Waals surface area contributed by atoms with Gasteiger partial charge in [-0.2, -0.15) is 0 Å². The molecule has 4 nitrogen and oxygen atoms in total. The number of hydrogen-bond acceptors (Lipinski definition) is 3. The molecule has 0 fully saturated rings. The van der Waals surface area contributed by atoms with Gasteiger partial charge in [-0.1, -0.05) is 18.2 Å². The molecule has 1 aromatic carbocycles. The molecular weight excluding hydrogens is 316 g/mol. The van der Waals surface area contributed by atoms with Crippen LogP contribution >= 0.6 is 15.9 Å². The Hall–Kier alpha value is -2.27. The minimum absolute atomic E-state index is 0.754. The van der Waals surface area contributed by atoms with E-state index in [1.807, 2.05) is 34.7 Å². The van der Waals surface area contributed by atoms with Gasteiger partial charge in [0, 0.05) is 10.7 Å². The summed E-state index contributed by atoms with van der Waals surface area (Å²) in [6.07, 6.45) is 1.77. The van der Waals surface area contributed by atoms with Gasteiger partial charge in [0.15, 0.2) is 11.5 Å². The maximum Gasteiger partial charge on any atom is 0.187 e. The highest BCUT2D eigenvalue weighted by molar-refractivity contribution is 9.10. The van der Waals surface area contributed by atoms with Crippen molar-refractivity contribution in [2.45, 2.75) is 0 Å². The minimum Gasteiger partial charge on any atom is -0.274 e. The number of halogens is 1. The first-order valence-corrected chi connectivity index (χ1v) is 6.97. The number of aromatic nitrogens is 4. The minimum atomic E-state index is 0.754. The second-order valence-electron chi connectivity index (χ2n) is 4.47. The second-order valence-corrected chi connectivity index (χ2v) is 5.39. The SMILES string of the molecule is Brc1ccc(-c2nnc3ccc4ccccc4n23)nc1. The highest BCUT2D eigenvalue weighted by Crippen LogP contribution is 2.23. The van der Waals surface area contributed by atoms with E-state index in [1.54, 1.807) is 6.20 Å². The molecule has 0 atom stereocenters. The van der Waals surface area contributed by atoms with Crippen LogP contribution in [0.15, 0.2) is 59.2 Å². The summed E-state index contributed by atoms with van der Waals surface area (Å²) in [5, 5.41) is 9.66. The average Bonchev–Trinajstić information content (AvgIpc) is 2.92. The fraction of sp³-hybridized carbons (Fsp3) is 0. The van der Waals surface area contributed by atoms with Gasteiger partial charge in [0.25, 0.3) is 0 Å². The van der Waals surface area contributed by atoms with E-state index in [9.17, 15) is 0 Å². The van der Waals surface area contributed by atoms with Crippen LogP contribution in [0.1, 0.15) is 0 Å². The Morgan fingerprint density at radius 3 is 2.65 bits per heavy atom. The Kier molecular flexibility index (Phi) is 2.53. The molecule has 0 unspecified atom stereocenters. The highest BCUT2D eigenvalue weighted by atomic mass is 79.9. The van der Waals surface area contributed by atoms with Crippen LogP contribution in [-0.2, 0) is 0 Å². The molecule has 4 aromatic rings. The van der Waals surface area contributed by atoms with Crippen molar-refractivity contribution in [2.24, 2.45) is 0 Å². The van der Waals surface area contributed by atoms with E-state index in [0.29, 0.717) is 0 Å². The average molecular weight is 325 g/mol. The molecule has 3 heterocycles. The molecule has 0 spiro atoms. The van der Waals surface area contributed by atoms with Crippen LogP contribution in [0.25, 0.3) is 28.1 Å². The van der Waals surface area contributed by atoms with Gasteiger partial charge < -0.3 is 0 Å². The fourth-order valence-electron chi connectivity index (χ4n) is 2.31. The van der Waals surface area contributed by atoms with Gasteiger partial charge in [-0.25, -0.2) is 0 Å². The molecule has 3 aromatic heterocycles. The predicted octanol–water partition coefficient (Wildman–Crippen LogP) is 3.71. The molecule has 0 aliphatic carbocycles. The monoisotopic (exact) mass is 324 g/mol. The third-order valence-electron chi connectivity index (χ3n) is 3.23. The van der Waals surface area contributed by atoms with E-state index in [0.717, 1.165) is 32.5 Å². The zero-order valence-corrected chi connectivity index (χ0v) is 11.9. The first-order chi connectivity index (χ1) is 9.83. The lowest BCUT2D eigenvalue weighted by Crippen LogP contribution is -1.93. The van der Waals surface area contributed by atoms with Crippen molar-refractivity contribution in [2.75, 3.05) is 0 Å². The van der Waals surface area contributed by atoms with E-state index < -0.39 is 0 Å². The van der Waals surface area contributed by atoms with E-state index in [4.69, 9.17) is 0 Å². The zero-order valence-electron chi connectivity index (χ0n) is 10.4. The normalized spacial score (nSPS) is 11.2. The van der Waals surface area contributed by atoms with Crippen molar-refractivity contribution in [3.8, 4) is 11.5 Å². The van der Waals surface area contributed by atoms with E-state index in [-0.39, 0.29) is 0 Å². The number of para-hydroxylation sites is 1. The van der Waals surface area contributed by atoms with Gasteiger partial charge in [-0.05, 0) is 51.6 Å². The van der Waals surface area contributed by atoms with Crippen LogP contribution < -0.4 is 0 Å². The molecule has 0 aliphatic heterocycles. The number of fused-ring (bicyclic) bond motifs is 3. The number of nitrogens with zero attached hydrogens (tertiary/aromatic N) is 4. The summed E-state index contributed by atoms with van der Waals surface area (Å²) in [5.74, 6) is 0.754. The van der Waals surface area contributed by atoms with E-state index in [2.05, 4.69) is 49.3 Å². The zero-order chi connectivity index (χ0) is 13.5. The first kappa shape index (κ1) is 11.5. The van der Waals surface area contributed by atoms with Crippen molar-refractivity contribution in [1.82, 2.24) is 19.6 Å². The van der Waals surface area contributed by atoms with Crippen molar-refractivity contribution in [1.29, 1.82) is 0 Å². The largest absolute Gasteiger partial charge is 0.274 e. The number of pyridine rings is 2. The Labute approximate surface area is 123 Å². The van der Waals surface area contributed by atoms with Gasteiger partial charge in [-0.3, -0.25) is 9.38 Å². The molecule has 96 valence electrons. The summed E-state index contributed by atoms with van der Waals surface area (Å²) >= 11 is 3.39. The van der Waals surface area contributed by atoms with Crippen LogP contribution in [0.5, 0.6) is 0 Å². The van der Waals surface area contributed by atoms with Crippen LogP contribution in [-0.4, -0.2) is 19.6 Å². The lowest BCUT2D eigenvalue weighted by atomic mass is 10.2. The Balaban J connectivity index is 2.09.